The molecule has 0 unspecified atom stereocenters. The Hall–Kier alpha value is -0.160. The van der Waals surface area contributed by atoms with Crippen molar-refractivity contribution < 1.29 is 12.8 Å². The van der Waals surface area contributed by atoms with Crippen LogP contribution in [0.15, 0.2) is 0 Å². The van der Waals surface area contributed by atoms with Gasteiger partial charge in [-0.15, -0.1) is 0 Å². The smallest absolute Gasteiger partial charge is 0.150 e. The van der Waals surface area contributed by atoms with E-state index >= 15 is 0 Å². The molecule has 0 bridgehead atoms. The molecule has 0 radical (unpaired) electrons. The van der Waals surface area contributed by atoms with Crippen LogP contribution in [-0.2, 0) is 9.84 Å². The van der Waals surface area contributed by atoms with Crippen molar-refractivity contribution in [3.05, 3.63) is 0 Å². The van der Waals surface area contributed by atoms with Crippen LogP contribution in [0.2, 0.25) is 0 Å². The average Bonchev–Trinajstić information content (AvgIpc) is 2.77. The van der Waals surface area contributed by atoms with E-state index in [2.05, 4.69) is 0 Å². The van der Waals surface area contributed by atoms with E-state index in [0.29, 0.717) is 12.8 Å². The van der Waals surface area contributed by atoms with E-state index in [-0.39, 0.29) is 24.3 Å². The van der Waals surface area contributed by atoms with Gasteiger partial charge in [-0.1, -0.05) is 0 Å². The highest BCUT2D eigenvalue weighted by atomic mass is 32.2. The second-order valence-corrected chi connectivity index (χ2v) is 6.58. The standard InChI is InChI=1S/C8H14FNO2S/c9-7(8(10)1-2-8)3-5-13(11,12)6-4-7/h1-6,10H2. The highest BCUT2D eigenvalue weighted by Crippen LogP contribution is 2.50. The summed E-state index contributed by atoms with van der Waals surface area (Å²) in [4.78, 5) is 0. The lowest BCUT2D eigenvalue weighted by Gasteiger charge is -2.34. The van der Waals surface area contributed by atoms with Crippen molar-refractivity contribution in [1.29, 1.82) is 0 Å². The van der Waals surface area contributed by atoms with E-state index in [9.17, 15) is 12.8 Å². The van der Waals surface area contributed by atoms with Gasteiger partial charge in [0.05, 0.1) is 17.0 Å². The Balaban J connectivity index is 2.13. The van der Waals surface area contributed by atoms with Gasteiger partial charge in [0.2, 0.25) is 0 Å². The first-order valence-corrected chi connectivity index (χ1v) is 6.37. The molecule has 5 heteroatoms. The van der Waals surface area contributed by atoms with E-state index in [0.717, 1.165) is 0 Å². The minimum Gasteiger partial charge on any atom is -0.322 e. The number of hydrogen-bond donors (Lipinski definition) is 1. The molecule has 1 saturated carbocycles. The molecule has 0 aromatic rings. The molecule has 13 heavy (non-hydrogen) atoms. The van der Waals surface area contributed by atoms with E-state index in [1.165, 1.54) is 0 Å². The third-order valence-corrected chi connectivity index (χ3v) is 4.95. The van der Waals surface area contributed by atoms with Crippen LogP contribution in [0.3, 0.4) is 0 Å². The van der Waals surface area contributed by atoms with Crippen molar-refractivity contribution in [2.45, 2.75) is 36.9 Å². The highest BCUT2D eigenvalue weighted by Gasteiger charge is 2.58. The summed E-state index contributed by atoms with van der Waals surface area (Å²) in [5.41, 5.74) is 3.65. The van der Waals surface area contributed by atoms with Crippen LogP contribution in [0, 0.1) is 0 Å². The van der Waals surface area contributed by atoms with E-state index in [1.54, 1.807) is 0 Å². The molecule has 1 saturated heterocycles. The second kappa shape index (κ2) is 2.45. The maximum absolute atomic E-state index is 14.1. The van der Waals surface area contributed by atoms with Gasteiger partial charge in [0.25, 0.3) is 0 Å². The predicted molar refractivity (Wildman–Crippen MR) is 47.9 cm³/mol. The molecular formula is C8H14FNO2S. The van der Waals surface area contributed by atoms with Crippen molar-refractivity contribution >= 4 is 9.84 Å². The minimum atomic E-state index is -2.98. The van der Waals surface area contributed by atoms with Crippen molar-refractivity contribution in [1.82, 2.24) is 0 Å². The number of sulfone groups is 1. The summed E-state index contributed by atoms with van der Waals surface area (Å²) >= 11 is 0. The van der Waals surface area contributed by atoms with Gasteiger partial charge < -0.3 is 5.73 Å². The van der Waals surface area contributed by atoms with Crippen LogP contribution in [-0.4, -0.2) is 31.1 Å². The molecule has 2 aliphatic rings. The summed E-state index contributed by atoms with van der Waals surface area (Å²) in [6.45, 7) is 0. The zero-order chi connectivity index (χ0) is 9.74. The molecule has 0 spiro atoms. The van der Waals surface area contributed by atoms with Crippen LogP contribution in [0.5, 0.6) is 0 Å². The fourth-order valence-electron chi connectivity index (χ4n) is 1.94. The zero-order valence-electron chi connectivity index (χ0n) is 7.42. The van der Waals surface area contributed by atoms with Gasteiger partial charge in [0.1, 0.15) is 5.67 Å². The molecule has 2 fully saturated rings. The predicted octanol–water partition coefficient (Wildman–Crippen LogP) is 0.395. The summed E-state index contributed by atoms with van der Waals surface area (Å²) in [6.07, 6.45) is 1.57. The topological polar surface area (TPSA) is 60.2 Å². The molecular weight excluding hydrogens is 193 g/mol. The van der Waals surface area contributed by atoms with Gasteiger partial charge >= 0.3 is 0 Å². The number of halogens is 1. The first-order valence-electron chi connectivity index (χ1n) is 4.55. The molecule has 0 atom stereocenters. The summed E-state index contributed by atoms with van der Waals surface area (Å²) < 4.78 is 36.3. The van der Waals surface area contributed by atoms with Crippen LogP contribution in [0.4, 0.5) is 4.39 Å². The monoisotopic (exact) mass is 207 g/mol. The normalized spacial score (nSPS) is 34.0. The van der Waals surface area contributed by atoms with Gasteiger partial charge in [-0.2, -0.15) is 0 Å². The summed E-state index contributed by atoms with van der Waals surface area (Å²) in [7, 11) is -2.98. The molecule has 0 amide bonds. The fraction of sp³-hybridized carbons (Fsp3) is 1.00. The van der Waals surface area contributed by atoms with Gasteiger partial charge in [0.15, 0.2) is 9.84 Å². The van der Waals surface area contributed by atoms with Crippen LogP contribution in [0.1, 0.15) is 25.7 Å². The van der Waals surface area contributed by atoms with Gasteiger partial charge in [-0.25, -0.2) is 12.8 Å². The molecule has 2 N–H and O–H groups in total. The molecule has 1 aliphatic carbocycles. The maximum atomic E-state index is 14.1. The van der Waals surface area contributed by atoms with E-state index < -0.39 is 21.0 Å². The number of hydrogen-bond acceptors (Lipinski definition) is 3. The number of rotatable bonds is 1. The first-order chi connectivity index (χ1) is 5.87. The number of nitrogens with two attached hydrogens (primary N) is 1. The second-order valence-electron chi connectivity index (χ2n) is 4.27. The average molecular weight is 207 g/mol. The minimum absolute atomic E-state index is 0.0392. The lowest BCUT2D eigenvalue weighted by Crippen LogP contribution is -2.51. The zero-order valence-corrected chi connectivity index (χ0v) is 8.24. The first kappa shape index (κ1) is 9.40. The maximum Gasteiger partial charge on any atom is 0.150 e. The third-order valence-electron chi connectivity index (χ3n) is 3.30. The van der Waals surface area contributed by atoms with E-state index in [1.807, 2.05) is 0 Å². The molecule has 1 heterocycles. The van der Waals surface area contributed by atoms with Gasteiger partial charge in [-0.05, 0) is 25.7 Å². The fourth-order valence-corrected chi connectivity index (χ4v) is 3.42. The van der Waals surface area contributed by atoms with Gasteiger partial charge in [-0.3, -0.25) is 0 Å². The highest BCUT2D eigenvalue weighted by molar-refractivity contribution is 7.91. The Bertz CT molecular complexity index is 307. The lowest BCUT2D eigenvalue weighted by molar-refractivity contribution is 0.0983. The van der Waals surface area contributed by atoms with Crippen LogP contribution >= 0.6 is 0 Å². The summed E-state index contributed by atoms with van der Waals surface area (Å²) in [6, 6.07) is 0. The third kappa shape index (κ3) is 1.48. The van der Waals surface area contributed by atoms with Crippen molar-refractivity contribution in [3.63, 3.8) is 0 Å². The van der Waals surface area contributed by atoms with Crippen molar-refractivity contribution in [3.8, 4) is 0 Å². The van der Waals surface area contributed by atoms with Crippen LogP contribution in [0.25, 0.3) is 0 Å². The van der Waals surface area contributed by atoms with E-state index in [4.69, 9.17) is 5.73 Å². The van der Waals surface area contributed by atoms with Crippen molar-refractivity contribution in [2.75, 3.05) is 11.5 Å². The van der Waals surface area contributed by atoms with Crippen molar-refractivity contribution in [2.24, 2.45) is 5.73 Å². The molecule has 76 valence electrons. The summed E-state index contributed by atoms with van der Waals surface area (Å²) in [5.74, 6) is -0.0785. The quantitative estimate of drug-likeness (QED) is 0.677. The Morgan fingerprint density at radius 2 is 1.54 bits per heavy atom. The Labute approximate surface area is 77.4 Å². The van der Waals surface area contributed by atoms with Crippen LogP contribution < -0.4 is 5.73 Å². The molecule has 0 aromatic heterocycles. The lowest BCUT2D eigenvalue weighted by atomic mass is 9.88. The molecule has 0 aromatic carbocycles. The molecule has 1 aliphatic heterocycles. The Morgan fingerprint density at radius 3 is 1.92 bits per heavy atom. The Morgan fingerprint density at radius 1 is 1.08 bits per heavy atom. The number of alkyl halides is 1. The molecule has 3 nitrogen and oxygen atoms in total. The van der Waals surface area contributed by atoms with Gasteiger partial charge in [0, 0.05) is 0 Å². The largest absolute Gasteiger partial charge is 0.322 e. The molecule has 2 rings (SSSR count). The summed E-state index contributed by atoms with van der Waals surface area (Å²) in [5, 5.41) is 0. The SMILES string of the molecule is NC1(C2(F)CCS(=O)(=O)CC2)CC1. The Kier molecular flexibility index (Phi) is 1.77.